The summed E-state index contributed by atoms with van der Waals surface area (Å²) >= 11 is 0. The Hall–Kier alpha value is -1.86. The first-order chi connectivity index (χ1) is 6.63. The zero-order valence-electron chi connectivity index (χ0n) is 7.47. The molecule has 72 valence electrons. The van der Waals surface area contributed by atoms with Gasteiger partial charge in [-0.15, -0.1) is 0 Å². The second kappa shape index (κ2) is 4.40. The fraction of sp³-hybridized carbons (Fsp3) is 0.200. The van der Waals surface area contributed by atoms with Crippen LogP contribution in [0.5, 0.6) is 0 Å². The van der Waals surface area contributed by atoms with Crippen LogP contribution in [0.2, 0.25) is 0 Å². The second-order valence-electron chi connectivity index (χ2n) is 2.93. The third-order valence-corrected chi connectivity index (χ3v) is 1.81. The highest BCUT2D eigenvalue weighted by molar-refractivity contribution is 5.73. The molecule has 1 unspecified atom stereocenters. The van der Waals surface area contributed by atoms with Crippen LogP contribution in [0.3, 0.4) is 0 Å². The number of carbonyl (C=O) groups is 1. The summed E-state index contributed by atoms with van der Waals surface area (Å²) in [6.07, 6.45) is 0.249. The molecule has 0 bridgehead atoms. The van der Waals surface area contributed by atoms with E-state index in [1.54, 1.807) is 24.3 Å². The zero-order chi connectivity index (χ0) is 10.6. The molecule has 1 atom stereocenters. The highest BCUT2D eigenvalue weighted by atomic mass is 16.4. The van der Waals surface area contributed by atoms with Crippen LogP contribution >= 0.6 is 0 Å². The maximum absolute atomic E-state index is 10.5. The molecule has 1 aromatic rings. The van der Waals surface area contributed by atoms with Gasteiger partial charge in [0.15, 0.2) is 5.69 Å². The lowest BCUT2D eigenvalue weighted by atomic mass is 10.1. The molecule has 0 aliphatic heterocycles. The lowest BCUT2D eigenvalue weighted by molar-refractivity contribution is -0.138. The van der Waals surface area contributed by atoms with E-state index in [9.17, 15) is 4.79 Å². The van der Waals surface area contributed by atoms with Crippen molar-refractivity contribution in [3.8, 4) is 0 Å². The van der Waals surface area contributed by atoms with Gasteiger partial charge in [-0.2, -0.15) is 0 Å². The lowest BCUT2D eigenvalue weighted by Gasteiger charge is -2.06. The van der Waals surface area contributed by atoms with E-state index in [0.717, 1.165) is 5.56 Å². The lowest BCUT2D eigenvalue weighted by Crippen LogP contribution is -2.32. The smallest absolute Gasteiger partial charge is 0.320 e. The Balaban J connectivity index is 2.78. The van der Waals surface area contributed by atoms with E-state index in [1.165, 1.54) is 0 Å². The van der Waals surface area contributed by atoms with Crippen LogP contribution in [-0.4, -0.2) is 17.1 Å². The number of rotatable bonds is 3. The quantitative estimate of drug-likeness (QED) is 0.703. The van der Waals surface area contributed by atoms with E-state index in [0.29, 0.717) is 5.69 Å². The average molecular weight is 190 g/mol. The van der Waals surface area contributed by atoms with Crippen molar-refractivity contribution < 1.29 is 9.90 Å². The summed E-state index contributed by atoms with van der Waals surface area (Å²) < 4.78 is 0. The minimum atomic E-state index is -1.03. The van der Waals surface area contributed by atoms with Crippen molar-refractivity contribution >= 4 is 11.7 Å². The van der Waals surface area contributed by atoms with E-state index in [1.807, 2.05) is 0 Å². The minimum Gasteiger partial charge on any atom is -0.480 e. The first-order valence-electron chi connectivity index (χ1n) is 4.08. The Labute approximate surface area is 81.8 Å². The Morgan fingerprint density at radius 3 is 2.93 bits per heavy atom. The van der Waals surface area contributed by atoms with Gasteiger partial charge in [0.1, 0.15) is 6.04 Å². The highest BCUT2D eigenvalue weighted by Gasteiger charge is 2.11. The standard InChI is InChI=1S/C10H10N2O2/c1-12-8-4-2-3-7(5-8)6-9(11)10(13)14/h2-5,9H,6,11H2,(H,13,14). The molecule has 3 N–H and O–H groups in total. The fourth-order valence-corrected chi connectivity index (χ4v) is 1.09. The average Bonchev–Trinajstić information content (AvgIpc) is 2.18. The summed E-state index contributed by atoms with van der Waals surface area (Å²) in [7, 11) is 0. The monoisotopic (exact) mass is 190 g/mol. The predicted molar refractivity (Wildman–Crippen MR) is 52.0 cm³/mol. The van der Waals surface area contributed by atoms with Crippen LogP contribution in [0.15, 0.2) is 24.3 Å². The van der Waals surface area contributed by atoms with Crippen LogP contribution < -0.4 is 5.73 Å². The number of carboxylic acids is 1. The van der Waals surface area contributed by atoms with Gasteiger partial charge in [-0.3, -0.25) is 4.79 Å². The van der Waals surface area contributed by atoms with Gasteiger partial charge in [-0.1, -0.05) is 29.8 Å². The van der Waals surface area contributed by atoms with E-state index in [-0.39, 0.29) is 6.42 Å². The predicted octanol–water partition coefficient (Wildman–Crippen LogP) is 1.19. The minimum absolute atomic E-state index is 0.249. The molecule has 0 aromatic heterocycles. The Bertz CT molecular complexity index is 382. The molecule has 1 aromatic carbocycles. The normalized spacial score (nSPS) is 11.7. The fourth-order valence-electron chi connectivity index (χ4n) is 1.09. The SMILES string of the molecule is [C-]#[N+]c1cccc(CC(N)C(=O)O)c1. The number of carboxylic acid groups (broad SMARTS) is 1. The van der Waals surface area contributed by atoms with E-state index in [2.05, 4.69) is 4.85 Å². The summed E-state index contributed by atoms with van der Waals surface area (Å²) in [6, 6.07) is 5.89. The molecule has 0 amide bonds. The number of nitrogens with zero attached hydrogens (tertiary/aromatic N) is 1. The van der Waals surface area contributed by atoms with Gasteiger partial charge in [0, 0.05) is 0 Å². The van der Waals surface area contributed by atoms with Crippen LogP contribution in [0, 0.1) is 6.57 Å². The Morgan fingerprint density at radius 2 is 2.36 bits per heavy atom. The van der Waals surface area contributed by atoms with Crippen molar-refractivity contribution in [3.63, 3.8) is 0 Å². The maximum atomic E-state index is 10.5. The molecule has 1 rings (SSSR count). The summed E-state index contributed by atoms with van der Waals surface area (Å²) in [6.45, 7) is 6.78. The highest BCUT2D eigenvalue weighted by Crippen LogP contribution is 2.14. The molecule has 0 radical (unpaired) electrons. The van der Waals surface area contributed by atoms with Gasteiger partial charge in [-0.05, 0) is 6.42 Å². The van der Waals surface area contributed by atoms with Crippen LogP contribution in [0.25, 0.3) is 4.85 Å². The van der Waals surface area contributed by atoms with Crippen LogP contribution in [-0.2, 0) is 11.2 Å². The molecule has 0 aliphatic carbocycles. The molecule has 0 spiro atoms. The summed E-state index contributed by atoms with van der Waals surface area (Å²) in [5.41, 5.74) is 6.63. The van der Waals surface area contributed by atoms with Crippen molar-refractivity contribution in [1.82, 2.24) is 0 Å². The van der Waals surface area contributed by atoms with Gasteiger partial charge >= 0.3 is 5.97 Å². The van der Waals surface area contributed by atoms with E-state index >= 15 is 0 Å². The third-order valence-electron chi connectivity index (χ3n) is 1.81. The molecule has 0 heterocycles. The molecule has 4 nitrogen and oxygen atoms in total. The van der Waals surface area contributed by atoms with Crippen LogP contribution in [0.1, 0.15) is 5.56 Å². The molecule has 4 heteroatoms. The zero-order valence-corrected chi connectivity index (χ0v) is 7.47. The van der Waals surface area contributed by atoms with Gasteiger partial charge in [0.2, 0.25) is 0 Å². The number of benzene rings is 1. The first kappa shape index (κ1) is 10.2. The summed E-state index contributed by atoms with van der Waals surface area (Å²) in [5, 5.41) is 8.58. The summed E-state index contributed by atoms with van der Waals surface area (Å²) in [5.74, 6) is -1.03. The Kier molecular flexibility index (Phi) is 3.21. The number of hydrogen-bond acceptors (Lipinski definition) is 2. The first-order valence-corrected chi connectivity index (χ1v) is 4.08. The topological polar surface area (TPSA) is 67.7 Å². The molecule has 0 fully saturated rings. The third kappa shape index (κ3) is 2.57. The Morgan fingerprint density at radius 1 is 1.64 bits per heavy atom. The molecular formula is C10H10N2O2. The van der Waals surface area contributed by atoms with E-state index in [4.69, 9.17) is 17.4 Å². The van der Waals surface area contributed by atoms with Gasteiger partial charge in [-0.25, -0.2) is 4.85 Å². The van der Waals surface area contributed by atoms with Crippen molar-refractivity contribution in [2.75, 3.05) is 0 Å². The van der Waals surface area contributed by atoms with Crippen molar-refractivity contribution in [2.24, 2.45) is 5.73 Å². The molecule has 0 aliphatic rings. The van der Waals surface area contributed by atoms with Gasteiger partial charge < -0.3 is 10.8 Å². The maximum Gasteiger partial charge on any atom is 0.320 e. The van der Waals surface area contributed by atoms with Crippen LogP contribution in [0.4, 0.5) is 5.69 Å². The van der Waals surface area contributed by atoms with Crippen molar-refractivity contribution in [3.05, 3.63) is 41.2 Å². The molecule has 0 saturated carbocycles. The van der Waals surface area contributed by atoms with Gasteiger partial charge in [0.05, 0.1) is 6.57 Å². The molecule has 0 saturated heterocycles. The second-order valence-corrected chi connectivity index (χ2v) is 2.93. The van der Waals surface area contributed by atoms with E-state index < -0.39 is 12.0 Å². The molecule has 14 heavy (non-hydrogen) atoms. The number of hydrogen-bond donors (Lipinski definition) is 2. The largest absolute Gasteiger partial charge is 0.480 e. The van der Waals surface area contributed by atoms with Gasteiger partial charge in [0.25, 0.3) is 0 Å². The van der Waals surface area contributed by atoms with Crippen molar-refractivity contribution in [1.29, 1.82) is 0 Å². The van der Waals surface area contributed by atoms with Crippen molar-refractivity contribution in [2.45, 2.75) is 12.5 Å². The summed E-state index contributed by atoms with van der Waals surface area (Å²) in [4.78, 5) is 13.7. The molecular weight excluding hydrogens is 180 g/mol. The number of aliphatic carboxylic acids is 1. The number of nitrogens with two attached hydrogens (primary N) is 1.